The standard InChI is InChI=1S/C18H25BrN2O2/c1-4-15-7-5-6-10-20(15)18(23)12-21(14(3)22)16-9-8-13(2)17(19)11-16/h8-9,11,15H,4-7,10,12H2,1-3H3. The molecule has 23 heavy (non-hydrogen) atoms. The molecule has 2 amide bonds. The Labute approximate surface area is 147 Å². The molecule has 2 rings (SSSR count). The van der Waals surface area contributed by atoms with Crippen LogP contribution in [0.2, 0.25) is 0 Å². The largest absolute Gasteiger partial charge is 0.338 e. The van der Waals surface area contributed by atoms with Crippen LogP contribution in [-0.2, 0) is 9.59 Å². The van der Waals surface area contributed by atoms with Gasteiger partial charge in [-0.05, 0) is 50.3 Å². The highest BCUT2D eigenvalue weighted by Crippen LogP contribution is 2.25. The third-order valence-electron chi connectivity index (χ3n) is 4.56. The van der Waals surface area contributed by atoms with Gasteiger partial charge in [-0.25, -0.2) is 0 Å². The molecule has 0 aromatic heterocycles. The van der Waals surface area contributed by atoms with Crippen molar-refractivity contribution < 1.29 is 9.59 Å². The molecule has 1 aliphatic rings. The van der Waals surface area contributed by atoms with Crippen molar-refractivity contribution in [1.29, 1.82) is 0 Å². The van der Waals surface area contributed by atoms with Crippen LogP contribution in [0, 0.1) is 6.92 Å². The van der Waals surface area contributed by atoms with Crippen LogP contribution < -0.4 is 4.90 Å². The lowest BCUT2D eigenvalue weighted by molar-refractivity contribution is -0.134. The van der Waals surface area contributed by atoms with Crippen molar-refractivity contribution in [2.24, 2.45) is 0 Å². The second-order valence-corrected chi connectivity index (χ2v) is 7.04. The first kappa shape index (κ1) is 18.0. The third kappa shape index (κ3) is 4.34. The van der Waals surface area contributed by atoms with Crippen LogP contribution in [0.25, 0.3) is 0 Å². The summed E-state index contributed by atoms with van der Waals surface area (Å²) in [6, 6.07) is 6.06. The van der Waals surface area contributed by atoms with Crippen molar-refractivity contribution in [2.75, 3.05) is 18.0 Å². The molecule has 1 atom stereocenters. The van der Waals surface area contributed by atoms with Gasteiger partial charge in [-0.3, -0.25) is 9.59 Å². The number of piperidine rings is 1. The zero-order chi connectivity index (χ0) is 17.0. The molecule has 1 unspecified atom stereocenters. The highest BCUT2D eigenvalue weighted by molar-refractivity contribution is 9.10. The molecule has 1 fully saturated rings. The summed E-state index contributed by atoms with van der Waals surface area (Å²) in [7, 11) is 0. The molecule has 126 valence electrons. The van der Waals surface area contributed by atoms with E-state index in [1.54, 1.807) is 4.90 Å². The van der Waals surface area contributed by atoms with E-state index in [1.165, 1.54) is 13.3 Å². The van der Waals surface area contributed by atoms with Gasteiger partial charge in [0.05, 0.1) is 0 Å². The van der Waals surface area contributed by atoms with Gasteiger partial charge >= 0.3 is 0 Å². The third-order valence-corrected chi connectivity index (χ3v) is 5.41. The molecule has 1 aromatic rings. The van der Waals surface area contributed by atoms with Crippen molar-refractivity contribution in [1.82, 2.24) is 4.90 Å². The maximum Gasteiger partial charge on any atom is 0.242 e. The lowest BCUT2D eigenvalue weighted by atomic mass is 10.00. The van der Waals surface area contributed by atoms with E-state index >= 15 is 0 Å². The predicted octanol–water partition coefficient (Wildman–Crippen LogP) is 3.90. The second kappa shape index (κ2) is 7.95. The van der Waals surface area contributed by atoms with E-state index < -0.39 is 0 Å². The van der Waals surface area contributed by atoms with Gasteiger partial charge in [0, 0.05) is 29.7 Å². The van der Waals surface area contributed by atoms with Crippen molar-refractivity contribution >= 4 is 33.4 Å². The van der Waals surface area contributed by atoms with E-state index in [0.717, 1.165) is 41.5 Å². The number of hydrogen-bond donors (Lipinski definition) is 0. The van der Waals surface area contributed by atoms with Crippen molar-refractivity contribution in [3.63, 3.8) is 0 Å². The van der Waals surface area contributed by atoms with Gasteiger partial charge in [0.15, 0.2) is 0 Å². The molecule has 0 N–H and O–H groups in total. The van der Waals surface area contributed by atoms with Gasteiger partial charge in [0.2, 0.25) is 11.8 Å². The highest BCUT2D eigenvalue weighted by atomic mass is 79.9. The average Bonchev–Trinajstić information content (AvgIpc) is 2.54. The number of halogens is 1. The number of likely N-dealkylation sites (tertiary alicyclic amines) is 1. The molecule has 4 nitrogen and oxygen atoms in total. The number of carbonyl (C=O) groups excluding carboxylic acids is 2. The normalized spacial score (nSPS) is 17.9. The van der Waals surface area contributed by atoms with Crippen molar-refractivity contribution in [3.05, 3.63) is 28.2 Å². The number of nitrogens with zero attached hydrogens (tertiary/aromatic N) is 2. The Hall–Kier alpha value is -1.36. The fourth-order valence-electron chi connectivity index (χ4n) is 3.11. The monoisotopic (exact) mass is 380 g/mol. The maximum atomic E-state index is 12.7. The van der Waals surface area contributed by atoms with Gasteiger partial charge < -0.3 is 9.80 Å². The second-order valence-electron chi connectivity index (χ2n) is 6.18. The minimum Gasteiger partial charge on any atom is -0.338 e. The zero-order valence-corrected chi connectivity index (χ0v) is 15.7. The average molecular weight is 381 g/mol. The summed E-state index contributed by atoms with van der Waals surface area (Å²) in [5, 5.41) is 0. The van der Waals surface area contributed by atoms with Gasteiger partial charge in [-0.1, -0.05) is 28.9 Å². The van der Waals surface area contributed by atoms with Crippen LogP contribution in [0.3, 0.4) is 0 Å². The fourth-order valence-corrected chi connectivity index (χ4v) is 3.48. The summed E-state index contributed by atoms with van der Waals surface area (Å²) >= 11 is 3.49. The number of aryl methyl sites for hydroxylation is 1. The summed E-state index contributed by atoms with van der Waals surface area (Å²) in [6.45, 7) is 6.54. The predicted molar refractivity (Wildman–Crippen MR) is 96.5 cm³/mol. The maximum absolute atomic E-state index is 12.7. The minimum atomic E-state index is -0.112. The van der Waals surface area contributed by atoms with Gasteiger partial charge in [0.25, 0.3) is 0 Å². The van der Waals surface area contributed by atoms with E-state index in [4.69, 9.17) is 0 Å². The van der Waals surface area contributed by atoms with Crippen LogP contribution in [0.4, 0.5) is 5.69 Å². The smallest absolute Gasteiger partial charge is 0.242 e. The van der Waals surface area contributed by atoms with Crippen molar-refractivity contribution in [3.8, 4) is 0 Å². The quantitative estimate of drug-likeness (QED) is 0.794. The first-order chi connectivity index (χ1) is 10.9. The summed E-state index contributed by atoms with van der Waals surface area (Å²) in [6.07, 6.45) is 4.28. The Kier molecular flexibility index (Phi) is 6.22. The molecule has 0 bridgehead atoms. The SMILES string of the molecule is CCC1CCCCN1C(=O)CN(C(C)=O)c1ccc(C)c(Br)c1. The van der Waals surface area contributed by atoms with E-state index in [2.05, 4.69) is 22.9 Å². The van der Waals surface area contributed by atoms with E-state index in [1.807, 2.05) is 30.0 Å². The molecule has 5 heteroatoms. The number of benzene rings is 1. The van der Waals surface area contributed by atoms with Gasteiger partial charge in [-0.15, -0.1) is 0 Å². The van der Waals surface area contributed by atoms with Crippen LogP contribution in [0.5, 0.6) is 0 Å². The van der Waals surface area contributed by atoms with E-state index in [-0.39, 0.29) is 18.4 Å². The van der Waals surface area contributed by atoms with Crippen LogP contribution in [0.15, 0.2) is 22.7 Å². The molecule has 0 saturated carbocycles. The molecular formula is C18H25BrN2O2. The number of rotatable bonds is 4. The van der Waals surface area contributed by atoms with Crippen molar-refractivity contribution in [2.45, 2.75) is 52.5 Å². The fraction of sp³-hybridized carbons (Fsp3) is 0.556. The van der Waals surface area contributed by atoms with E-state index in [9.17, 15) is 9.59 Å². The molecule has 1 aromatic carbocycles. The Balaban J connectivity index is 2.17. The zero-order valence-electron chi connectivity index (χ0n) is 14.1. The number of carbonyl (C=O) groups is 2. The highest BCUT2D eigenvalue weighted by Gasteiger charge is 2.27. The number of amides is 2. The Morgan fingerprint density at radius 1 is 1.35 bits per heavy atom. The lowest BCUT2D eigenvalue weighted by Gasteiger charge is -2.36. The first-order valence-corrected chi connectivity index (χ1v) is 9.07. The Morgan fingerprint density at radius 2 is 2.09 bits per heavy atom. The summed E-state index contributed by atoms with van der Waals surface area (Å²) in [5.41, 5.74) is 1.86. The number of hydrogen-bond acceptors (Lipinski definition) is 2. The van der Waals surface area contributed by atoms with E-state index in [0.29, 0.717) is 6.04 Å². The lowest BCUT2D eigenvalue weighted by Crippen LogP contribution is -2.48. The molecule has 0 spiro atoms. The molecule has 0 aliphatic carbocycles. The van der Waals surface area contributed by atoms with Crippen LogP contribution in [-0.4, -0.2) is 35.8 Å². The number of anilines is 1. The van der Waals surface area contributed by atoms with Crippen LogP contribution >= 0.6 is 15.9 Å². The molecule has 0 radical (unpaired) electrons. The van der Waals surface area contributed by atoms with Gasteiger partial charge in [-0.2, -0.15) is 0 Å². The molecule has 1 heterocycles. The molecule has 1 saturated heterocycles. The minimum absolute atomic E-state index is 0.0449. The van der Waals surface area contributed by atoms with Gasteiger partial charge in [0.1, 0.15) is 6.54 Å². The van der Waals surface area contributed by atoms with Crippen LogP contribution in [0.1, 0.15) is 45.1 Å². The molecule has 1 aliphatic heterocycles. The summed E-state index contributed by atoms with van der Waals surface area (Å²) in [5.74, 6) is -0.0670. The topological polar surface area (TPSA) is 40.6 Å². The Bertz CT molecular complexity index is 588. The summed E-state index contributed by atoms with van der Waals surface area (Å²) in [4.78, 5) is 28.3. The summed E-state index contributed by atoms with van der Waals surface area (Å²) < 4.78 is 0.943. The first-order valence-electron chi connectivity index (χ1n) is 8.27. The Morgan fingerprint density at radius 3 is 2.70 bits per heavy atom. The molecular weight excluding hydrogens is 356 g/mol.